The second kappa shape index (κ2) is 8.71. The molecule has 4 heteroatoms. The van der Waals surface area contributed by atoms with Crippen molar-refractivity contribution in [3.05, 3.63) is 106 Å². The largest absolute Gasteiger partial charge is 0.481 e. The van der Waals surface area contributed by atoms with E-state index >= 15 is 4.39 Å². The second-order valence-electron chi connectivity index (χ2n) is 8.91. The molecule has 1 aliphatic heterocycles. The van der Waals surface area contributed by atoms with E-state index in [1.54, 1.807) is 6.07 Å². The Kier molecular flexibility index (Phi) is 5.62. The molecule has 0 aromatic heterocycles. The van der Waals surface area contributed by atoms with Gasteiger partial charge in [0, 0.05) is 25.2 Å². The minimum absolute atomic E-state index is 0.201. The first-order chi connectivity index (χ1) is 15.5. The van der Waals surface area contributed by atoms with Crippen LogP contribution < -0.4 is 0 Å². The van der Waals surface area contributed by atoms with Gasteiger partial charge in [-0.15, -0.1) is 0 Å². The minimum atomic E-state index is -0.751. The Balaban J connectivity index is 1.32. The van der Waals surface area contributed by atoms with Crippen LogP contribution in [0, 0.1) is 11.7 Å². The fourth-order valence-corrected chi connectivity index (χ4v) is 4.72. The fraction of sp³-hybridized carbons (Fsp3) is 0.250. The maximum absolute atomic E-state index is 15.0. The van der Waals surface area contributed by atoms with Gasteiger partial charge < -0.3 is 5.11 Å². The summed E-state index contributed by atoms with van der Waals surface area (Å²) in [5.74, 6) is -1.24. The van der Waals surface area contributed by atoms with Gasteiger partial charge in [0.15, 0.2) is 0 Å². The summed E-state index contributed by atoms with van der Waals surface area (Å²) in [6, 6.07) is 22.5. The normalized spacial score (nSPS) is 16.2. The topological polar surface area (TPSA) is 40.5 Å². The zero-order chi connectivity index (χ0) is 22.1. The van der Waals surface area contributed by atoms with Gasteiger partial charge in [0.2, 0.25) is 0 Å². The van der Waals surface area contributed by atoms with Crippen LogP contribution in [-0.4, -0.2) is 29.1 Å². The van der Waals surface area contributed by atoms with Crippen molar-refractivity contribution in [1.82, 2.24) is 4.90 Å². The Morgan fingerprint density at radius 1 is 0.938 bits per heavy atom. The Labute approximate surface area is 187 Å². The number of carbonyl (C=O) groups is 1. The summed E-state index contributed by atoms with van der Waals surface area (Å²) in [4.78, 5) is 13.0. The van der Waals surface area contributed by atoms with E-state index in [0.717, 1.165) is 30.4 Å². The average Bonchev–Trinajstić information content (AvgIpc) is 2.76. The van der Waals surface area contributed by atoms with Gasteiger partial charge >= 0.3 is 5.97 Å². The van der Waals surface area contributed by atoms with Crippen molar-refractivity contribution in [3.8, 4) is 0 Å². The quantitative estimate of drug-likeness (QED) is 0.571. The number of hydrogen-bond acceptors (Lipinski definition) is 2. The molecule has 5 rings (SSSR count). The number of carboxylic acids is 1. The van der Waals surface area contributed by atoms with E-state index in [9.17, 15) is 4.79 Å². The number of benzene rings is 3. The molecule has 1 N–H and O–H groups in total. The molecule has 162 valence electrons. The SMILES string of the molecule is O=C(O)C1CN(Cc2ccc(C3=Cc4cc(Cc5ccccc5)ccc4CC3)c(F)c2)C1. The summed E-state index contributed by atoms with van der Waals surface area (Å²) >= 11 is 0. The van der Waals surface area contributed by atoms with Crippen LogP contribution in [0.4, 0.5) is 4.39 Å². The molecule has 0 bridgehead atoms. The van der Waals surface area contributed by atoms with Crippen molar-refractivity contribution >= 4 is 17.6 Å². The molecule has 0 radical (unpaired) electrons. The van der Waals surface area contributed by atoms with E-state index < -0.39 is 5.97 Å². The molecule has 1 heterocycles. The van der Waals surface area contributed by atoms with Crippen molar-refractivity contribution in [2.45, 2.75) is 25.8 Å². The van der Waals surface area contributed by atoms with Crippen LogP contribution >= 0.6 is 0 Å². The fourth-order valence-electron chi connectivity index (χ4n) is 4.72. The highest BCUT2D eigenvalue weighted by Crippen LogP contribution is 2.33. The molecule has 3 nitrogen and oxygen atoms in total. The number of allylic oxidation sites excluding steroid dienone is 1. The van der Waals surface area contributed by atoms with Gasteiger partial charge in [-0.2, -0.15) is 0 Å². The van der Waals surface area contributed by atoms with Gasteiger partial charge in [0.05, 0.1) is 5.92 Å². The smallest absolute Gasteiger partial charge is 0.309 e. The molecule has 0 amide bonds. The highest BCUT2D eigenvalue weighted by Gasteiger charge is 2.32. The first kappa shape index (κ1) is 20.7. The Morgan fingerprint density at radius 2 is 1.72 bits per heavy atom. The molecule has 3 aromatic carbocycles. The molecule has 0 atom stereocenters. The minimum Gasteiger partial charge on any atom is -0.481 e. The Bertz CT molecular complexity index is 1180. The van der Waals surface area contributed by atoms with Gasteiger partial charge in [-0.25, -0.2) is 4.39 Å². The molecule has 0 saturated carbocycles. The zero-order valence-corrected chi connectivity index (χ0v) is 17.9. The number of aryl methyl sites for hydroxylation is 1. The van der Waals surface area contributed by atoms with Gasteiger partial charge in [0.25, 0.3) is 0 Å². The summed E-state index contributed by atoms with van der Waals surface area (Å²) in [6.07, 6.45) is 4.77. The molecular formula is C28H26FNO2. The lowest BCUT2D eigenvalue weighted by molar-refractivity contribution is -0.147. The predicted molar refractivity (Wildman–Crippen MR) is 125 cm³/mol. The van der Waals surface area contributed by atoms with Crippen LogP contribution in [0.5, 0.6) is 0 Å². The summed E-state index contributed by atoms with van der Waals surface area (Å²) in [7, 11) is 0. The van der Waals surface area contributed by atoms with Crippen LogP contribution in [0.3, 0.4) is 0 Å². The van der Waals surface area contributed by atoms with Gasteiger partial charge in [-0.05, 0) is 58.7 Å². The van der Waals surface area contributed by atoms with Gasteiger partial charge in [-0.3, -0.25) is 9.69 Å². The van der Waals surface area contributed by atoms with E-state index in [4.69, 9.17) is 5.11 Å². The Morgan fingerprint density at radius 3 is 2.47 bits per heavy atom. The maximum atomic E-state index is 15.0. The van der Waals surface area contributed by atoms with Crippen molar-refractivity contribution in [1.29, 1.82) is 0 Å². The number of nitrogens with zero attached hydrogens (tertiary/aromatic N) is 1. The predicted octanol–water partition coefficient (Wildman–Crippen LogP) is 5.42. The average molecular weight is 428 g/mol. The summed E-state index contributed by atoms with van der Waals surface area (Å²) in [6.45, 7) is 1.66. The number of halogens is 1. The summed E-state index contributed by atoms with van der Waals surface area (Å²) in [5.41, 5.74) is 7.63. The van der Waals surface area contributed by atoms with Crippen LogP contribution in [-0.2, 0) is 24.2 Å². The van der Waals surface area contributed by atoms with Crippen LogP contribution in [0.15, 0.2) is 66.7 Å². The summed E-state index contributed by atoms with van der Waals surface area (Å²) < 4.78 is 15.0. The van der Waals surface area contributed by atoms with Gasteiger partial charge in [0.1, 0.15) is 5.82 Å². The number of rotatable bonds is 6. The van der Waals surface area contributed by atoms with Gasteiger partial charge in [-0.1, -0.05) is 66.7 Å². The maximum Gasteiger partial charge on any atom is 0.309 e. The van der Waals surface area contributed by atoms with Crippen molar-refractivity contribution < 1.29 is 14.3 Å². The molecule has 1 aliphatic carbocycles. The lowest BCUT2D eigenvalue weighted by Gasteiger charge is -2.36. The molecule has 2 aliphatic rings. The zero-order valence-electron chi connectivity index (χ0n) is 17.9. The molecule has 0 unspecified atom stereocenters. The molecule has 3 aromatic rings. The van der Waals surface area contributed by atoms with Crippen LogP contribution in [0.2, 0.25) is 0 Å². The molecule has 32 heavy (non-hydrogen) atoms. The monoisotopic (exact) mass is 427 g/mol. The van der Waals surface area contributed by atoms with Crippen molar-refractivity contribution in [2.24, 2.45) is 5.92 Å². The highest BCUT2D eigenvalue weighted by molar-refractivity contribution is 5.84. The second-order valence-corrected chi connectivity index (χ2v) is 8.91. The van der Waals surface area contributed by atoms with E-state index in [2.05, 4.69) is 48.5 Å². The standard InChI is InChI=1S/C28H26FNO2/c29-27-14-21(16-30-17-25(18-30)28(31)32)7-11-26(27)23-10-9-22-8-6-20(13-24(22)15-23)12-19-4-2-1-3-5-19/h1-8,11,13-15,25H,9-10,12,16-18H2,(H,31,32). The number of carboxylic acid groups (broad SMARTS) is 1. The van der Waals surface area contributed by atoms with Crippen LogP contribution in [0.25, 0.3) is 11.6 Å². The van der Waals surface area contributed by atoms with Crippen LogP contribution in [0.1, 0.15) is 39.8 Å². The molecular weight excluding hydrogens is 401 g/mol. The molecule has 1 saturated heterocycles. The lowest BCUT2D eigenvalue weighted by atomic mass is 9.86. The third-order valence-corrected chi connectivity index (χ3v) is 6.55. The Hall–Kier alpha value is -3.24. The third kappa shape index (κ3) is 4.37. The highest BCUT2D eigenvalue weighted by atomic mass is 19.1. The number of likely N-dealkylation sites (tertiary alicyclic amines) is 1. The first-order valence-corrected chi connectivity index (χ1v) is 11.2. The summed E-state index contributed by atoms with van der Waals surface area (Å²) in [5, 5.41) is 9.01. The first-order valence-electron chi connectivity index (χ1n) is 11.2. The number of hydrogen-bond donors (Lipinski definition) is 1. The van der Waals surface area contributed by atoms with E-state index in [1.807, 2.05) is 23.1 Å². The van der Waals surface area contributed by atoms with Crippen molar-refractivity contribution in [2.75, 3.05) is 13.1 Å². The van der Waals surface area contributed by atoms with Crippen molar-refractivity contribution in [3.63, 3.8) is 0 Å². The molecule has 0 spiro atoms. The van der Waals surface area contributed by atoms with E-state index in [-0.39, 0.29) is 11.7 Å². The van der Waals surface area contributed by atoms with E-state index in [1.165, 1.54) is 22.3 Å². The number of aliphatic carboxylic acids is 1. The lowest BCUT2D eigenvalue weighted by Crippen LogP contribution is -2.49. The molecule has 1 fully saturated rings. The van der Waals surface area contributed by atoms with E-state index in [0.29, 0.717) is 25.2 Å². The number of fused-ring (bicyclic) bond motifs is 1. The third-order valence-electron chi connectivity index (χ3n) is 6.55.